The number of carbonyl (C=O) groups is 1. The molecule has 1 saturated heterocycles. The molecule has 118 valence electrons. The van der Waals surface area contributed by atoms with Crippen LogP contribution in [0.25, 0.3) is 0 Å². The highest BCUT2D eigenvalue weighted by molar-refractivity contribution is 8.00. The van der Waals surface area contributed by atoms with Gasteiger partial charge in [0.1, 0.15) is 0 Å². The number of benzene rings is 1. The average Bonchev–Trinajstić information content (AvgIpc) is 2.42. The standard InChI is InChI=1S/C16H24N2OS.ClH/c1-11-6-7-12(2)15(9-11)20-10-16(19)18-14-5-4-8-17-13(14)3;/h6-7,9,13-14,17H,4-5,8,10H2,1-3H3,(H,18,19);1H. The number of nitrogens with one attached hydrogen (secondary N) is 2. The summed E-state index contributed by atoms with van der Waals surface area (Å²) in [5.41, 5.74) is 2.48. The molecule has 2 N–H and O–H groups in total. The summed E-state index contributed by atoms with van der Waals surface area (Å²) in [5, 5.41) is 6.56. The fraction of sp³-hybridized carbons (Fsp3) is 0.562. The Kier molecular flexibility index (Phi) is 7.57. The van der Waals surface area contributed by atoms with Gasteiger partial charge in [0.25, 0.3) is 0 Å². The first-order valence-electron chi connectivity index (χ1n) is 7.29. The largest absolute Gasteiger partial charge is 0.351 e. The summed E-state index contributed by atoms with van der Waals surface area (Å²) in [6.45, 7) is 7.37. The first kappa shape index (κ1) is 18.3. The molecule has 21 heavy (non-hydrogen) atoms. The van der Waals surface area contributed by atoms with Crippen LogP contribution in [0, 0.1) is 13.8 Å². The van der Waals surface area contributed by atoms with Crippen LogP contribution in [0.15, 0.2) is 23.1 Å². The molecule has 1 aliphatic heterocycles. The second kappa shape index (κ2) is 8.66. The molecule has 0 aromatic heterocycles. The van der Waals surface area contributed by atoms with Crippen LogP contribution in [0.3, 0.4) is 0 Å². The molecular formula is C16H25ClN2OS. The Morgan fingerprint density at radius 1 is 1.43 bits per heavy atom. The summed E-state index contributed by atoms with van der Waals surface area (Å²) in [4.78, 5) is 13.3. The number of carbonyl (C=O) groups excluding carboxylic acids is 1. The van der Waals surface area contributed by atoms with Gasteiger partial charge in [-0.05, 0) is 51.8 Å². The van der Waals surface area contributed by atoms with Crippen molar-refractivity contribution >= 4 is 30.1 Å². The zero-order chi connectivity index (χ0) is 14.5. The van der Waals surface area contributed by atoms with E-state index in [1.807, 2.05) is 0 Å². The molecule has 1 amide bonds. The van der Waals surface area contributed by atoms with Gasteiger partial charge in [-0.2, -0.15) is 0 Å². The van der Waals surface area contributed by atoms with Crippen molar-refractivity contribution in [3.05, 3.63) is 29.3 Å². The molecule has 2 atom stereocenters. The molecular weight excluding hydrogens is 304 g/mol. The van der Waals surface area contributed by atoms with Crippen LogP contribution in [-0.4, -0.2) is 30.3 Å². The molecule has 0 saturated carbocycles. The van der Waals surface area contributed by atoms with E-state index < -0.39 is 0 Å². The van der Waals surface area contributed by atoms with E-state index in [0.29, 0.717) is 11.8 Å². The molecule has 5 heteroatoms. The van der Waals surface area contributed by atoms with E-state index in [2.05, 4.69) is 49.6 Å². The highest BCUT2D eigenvalue weighted by Crippen LogP contribution is 2.23. The predicted octanol–water partition coefficient (Wildman–Crippen LogP) is 3.07. The van der Waals surface area contributed by atoms with Gasteiger partial charge in [0.2, 0.25) is 5.91 Å². The van der Waals surface area contributed by atoms with Crippen LogP contribution in [-0.2, 0) is 4.79 Å². The van der Waals surface area contributed by atoms with E-state index in [1.165, 1.54) is 16.0 Å². The van der Waals surface area contributed by atoms with E-state index in [1.54, 1.807) is 11.8 Å². The van der Waals surface area contributed by atoms with Crippen LogP contribution in [0.1, 0.15) is 30.9 Å². The third-order valence-electron chi connectivity index (χ3n) is 3.81. The third kappa shape index (κ3) is 5.53. The van der Waals surface area contributed by atoms with E-state index in [-0.39, 0.29) is 24.4 Å². The molecule has 0 bridgehead atoms. The normalized spacial score (nSPS) is 21.5. The predicted molar refractivity (Wildman–Crippen MR) is 92.5 cm³/mol. The lowest BCUT2D eigenvalue weighted by atomic mass is 10.00. The smallest absolute Gasteiger partial charge is 0.230 e. The van der Waals surface area contributed by atoms with Gasteiger partial charge in [-0.15, -0.1) is 24.2 Å². The molecule has 0 aliphatic carbocycles. The minimum Gasteiger partial charge on any atom is -0.351 e. The molecule has 1 aromatic rings. The van der Waals surface area contributed by atoms with Gasteiger partial charge < -0.3 is 10.6 Å². The van der Waals surface area contributed by atoms with Crippen molar-refractivity contribution in [2.24, 2.45) is 0 Å². The van der Waals surface area contributed by atoms with Crippen LogP contribution < -0.4 is 10.6 Å². The Hall–Kier alpha value is -0.710. The van der Waals surface area contributed by atoms with Crippen molar-refractivity contribution in [3.8, 4) is 0 Å². The number of amides is 1. The zero-order valence-corrected chi connectivity index (χ0v) is 14.6. The highest BCUT2D eigenvalue weighted by atomic mass is 35.5. The molecule has 2 rings (SSSR count). The van der Waals surface area contributed by atoms with Crippen LogP contribution in [0.4, 0.5) is 0 Å². The van der Waals surface area contributed by atoms with Gasteiger partial charge in [-0.3, -0.25) is 4.79 Å². The van der Waals surface area contributed by atoms with Gasteiger partial charge in [0, 0.05) is 17.0 Å². The summed E-state index contributed by atoms with van der Waals surface area (Å²) in [6, 6.07) is 7.02. The summed E-state index contributed by atoms with van der Waals surface area (Å²) < 4.78 is 0. The van der Waals surface area contributed by atoms with E-state index >= 15 is 0 Å². The van der Waals surface area contributed by atoms with Crippen molar-refractivity contribution in [1.29, 1.82) is 0 Å². The lowest BCUT2D eigenvalue weighted by molar-refractivity contribution is -0.119. The van der Waals surface area contributed by atoms with Crippen molar-refractivity contribution in [2.75, 3.05) is 12.3 Å². The lowest BCUT2D eigenvalue weighted by Crippen LogP contribution is -2.52. The van der Waals surface area contributed by atoms with Gasteiger partial charge >= 0.3 is 0 Å². The first-order valence-corrected chi connectivity index (χ1v) is 8.27. The van der Waals surface area contributed by atoms with E-state index in [0.717, 1.165) is 19.4 Å². The fourth-order valence-corrected chi connectivity index (χ4v) is 3.43. The monoisotopic (exact) mass is 328 g/mol. The van der Waals surface area contributed by atoms with Crippen molar-refractivity contribution in [2.45, 2.75) is 50.6 Å². The Morgan fingerprint density at radius 3 is 2.90 bits per heavy atom. The van der Waals surface area contributed by atoms with Gasteiger partial charge in [-0.25, -0.2) is 0 Å². The summed E-state index contributed by atoms with van der Waals surface area (Å²) in [7, 11) is 0. The van der Waals surface area contributed by atoms with Crippen molar-refractivity contribution < 1.29 is 4.79 Å². The Morgan fingerprint density at radius 2 is 2.19 bits per heavy atom. The van der Waals surface area contributed by atoms with Crippen LogP contribution in [0.2, 0.25) is 0 Å². The molecule has 1 aromatic carbocycles. The van der Waals surface area contributed by atoms with Gasteiger partial charge in [0.05, 0.1) is 5.75 Å². The highest BCUT2D eigenvalue weighted by Gasteiger charge is 2.22. The lowest BCUT2D eigenvalue weighted by Gasteiger charge is -2.30. The number of thioether (sulfide) groups is 1. The molecule has 0 spiro atoms. The number of piperidine rings is 1. The number of rotatable bonds is 4. The molecule has 0 radical (unpaired) electrons. The molecule has 3 nitrogen and oxygen atoms in total. The van der Waals surface area contributed by atoms with Crippen LogP contribution in [0.5, 0.6) is 0 Å². The SMILES string of the molecule is Cc1ccc(C)c(SCC(=O)NC2CCCNC2C)c1.Cl. The second-order valence-corrected chi connectivity index (χ2v) is 6.63. The Bertz CT molecular complexity index is 481. The maximum Gasteiger partial charge on any atom is 0.230 e. The van der Waals surface area contributed by atoms with E-state index in [4.69, 9.17) is 0 Å². The van der Waals surface area contributed by atoms with E-state index in [9.17, 15) is 4.79 Å². The maximum absolute atomic E-state index is 12.1. The minimum atomic E-state index is 0. The van der Waals surface area contributed by atoms with Gasteiger partial charge in [0.15, 0.2) is 0 Å². The summed E-state index contributed by atoms with van der Waals surface area (Å²) in [5.74, 6) is 0.629. The molecule has 1 aliphatic rings. The average molecular weight is 329 g/mol. The third-order valence-corrected chi connectivity index (χ3v) is 4.97. The minimum absolute atomic E-state index is 0. The Balaban J connectivity index is 0.00000220. The second-order valence-electron chi connectivity index (χ2n) is 5.62. The number of hydrogen-bond acceptors (Lipinski definition) is 3. The topological polar surface area (TPSA) is 41.1 Å². The zero-order valence-electron chi connectivity index (χ0n) is 12.9. The van der Waals surface area contributed by atoms with Crippen LogP contribution >= 0.6 is 24.2 Å². The number of halogens is 1. The molecule has 1 fully saturated rings. The molecule has 2 unspecified atom stereocenters. The Labute approximate surface area is 138 Å². The summed E-state index contributed by atoms with van der Waals surface area (Å²) >= 11 is 1.63. The van der Waals surface area contributed by atoms with Gasteiger partial charge in [-0.1, -0.05) is 17.7 Å². The fourth-order valence-electron chi connectivity index (χ4n) is 2.50. The number of hydrogen-bond donors (Lipinski definition) is 2. The van der Waals surface area contributed by atoms with Crippen molar-refractivity contribution in [3.63, 3.8) is 0 Å². The maximum atomic E-state index is 12.1. The first-order chi connectivity index (χ1) is 9.56. The summed E-state index contributed by atoms with van der Waals surface area (Å²) in [6.07, 6.45) is 2.22. The molecule has 1 heterocycles. The number of aryl methyl sites for hydroxylation is 2. The quantitative estimate of drug-likeness (QED) is 0.835. The van der Waals surface area contributed by atoms with Crippen molar-refractivity contribution in [1.82, 2.24) is 10.6 Å².